The summed E-state index contributed by atoms with van der Waals surface area (Å²) in [6.45, 7) is 12.0. The van der Waals surface area contributed by atoms with Crippen LogP contribution < -0.4 is 5.32 Å². The van der Waals surface area contributed by atoms with Crippen molar-refractivity contribution in [3.63, 3.8) is 0 Å². The molecule has 1 N–H and O–H groups in total. The second-order valence-corrected chi connectivity index (χ2v) is 6.11. The first-order valence-corrected chi connectivity index (χ1v) is 7.12. The highest BCUT2D eigenvalue weighted by Gasteiger charge is 2.19. The number of nitrogens with one attached hydrogen (secondary N) is 1. The molecule has 0 amide bonds. The van der Waals surface area contributed by atoms with Gasteiger partial charge in [0, 0.05) is 19.7 Å². The van der Waals surface area contributed by atoms with Gasteiger partial charge < -0.3 is 10.1 Å². The zero-order valence-corrected chi connectivity index (χ0v) is 13.6. The van der Waals surface area contributed by atoms with Gasteiger partial charge in [0.05, 0.1) is 28.6 Å². The molecule has 19 heavy (non-hydrogen) atoms. The summed E-state index contributed by atoms with van der Waals surface area (Å²) >= 11 is 6.13. The lowest BCUT2D eigenvalue weighted by Crippen LogP contribution is -2.37. The third kappa shape index (κ3) is 4.79. The highest BCUT2D eigenvalue weighted by Crippen LogP contribution is 2.18. The number of methoxy groups -OCH3 is 1. The van der Waals surface area contributed by atoms with Crippen molar-refractivity contribution in [3.05, 3.63) is 16.4 Å². The largest absolute Gasteiger partial charge is 0.379 e. The minimum absolute atomic E-state index is 0.0894. The summed E-state index contributed by atoms with van der Waals surface area (Å²) in [6.07, 6.45) is 0.974. The Morgan fingerprint density at radius 2 is 2.05 bits per heavy atom. The highest BCUT2D eigenvalue weighted by atomic mass is 35.5. The first-order valence-electron chi connectivity index (χ1n) is 6.75. The molecule has 1 heterocycles. The van der Waals surface area contributed by atoms with Crippen LogP contribution in [-0.4, -0.2) is 35.1 Å². The number of nitrogens with zero attached hydrogens (tertiary/aromatic N) is 2. The topological polar surface area (TPSA) is 39.1 Å². The van der Waals surface area contributed by atoms with Crippen LogP contribution in [0.4, 0.5) is 0 Å². The van der Waals surface area contributed by atoms with Crippen LogP contribution in [0.5, 0.6) is 0 Å². The molecule has 1 aromatic rings. The van der Waals surface area contributed by atoms with Gasteiger partial charge in [-0.2, -0.15) is 5.10 Å². The average Bonchev–Trinajstić information content (AvgIpc) is 2.56. The van der Waals surface area contributed by atoms with Crippen molar-refractivity contribution in [3.8, 4) is 0 Å². The molecule has 4 nitrogen and oxygen atoms in total. The Morgan fingerprint density at radius 3 is 2.53 bits per heavy atom. The third-order valence-corrected chi connectivity index (χ3v) is 4.01. The van der Waals surface area contributed by atoms with E-state index >= 15 is 0 Å². The number of aromatic nitrogens is 2. The van der Waals surface area contributed by atoms with Gasteiger partial charge in [-0.1, -0.05) is 11.6 Å². The number of rotatable bonds is 7. The zero-order valence-electron chi connectivity index (χ0n) is 12.9. The normalized spacial score (nSPS) is 13.8. The Labute approximate surface area is 121 Å². The lowest BCUT2D eigenvalue weighted by atomic mass is 10.00. The molecular weight excluding hydrogens is 262 g/mol. The van der Waals surface area contributed by atoms with Crippen molar-refractivity contribution >= 4 is 11.6 Å². The molecule has 0 saturated heterocycles. The fourth-order valence-corrected chi connectivity index (χ4v) is 2.34. The van der Waals surface area contributed by atoms with E-state index in [9.17, 15) is 0 Å². The van der Waals surface area contributed by atoms with Crippen molar-refractivity contribution in [1.82, 2.24) is 15.1 Å². The Morgan fingerprint density at radius 1 is 1.42 bits per heavy atom. The van der Waals surface area contributed by atoms with Crippen LogP contribution in [0.25, 0.3) is 0 Å². The highest BCUT2D eigenvalue weighted by molar-refractivity contribution is 6.31. The first kappa shape index (κ1) is 16.5. The third-order valence-electron chi connectivity index (χ3n) is 3.46. The van der Waals surface area contributed by atoms with Gasteiger partial charge in [-0.05, 0) is 41.0 Å². The van der Waals surface area contributed by atoms with Crippen molar-refractivity contribution in [2.75, 3.05) is 13.7 Å². The summed E-state index contributed by atoms with van der Waals surface area (Å²) in [5.41, 5.74) is 1.84. The molecule has 0 radical (unpaired) electrons. The molecule has 1 aromatic heterocycles. The summed E-state index contributed by atoms with van der Waals surface area (Å²) in [7, 11) is 1.75. The van der Waals surface area contributed by atoms with E-state index in [0.717, 1.165) is 35.9 Å². The van der Waals surface area contributed by atoms with Crippen LogP contribution in [0.15, 0.2) is 0 Å². The van der Waals surface area contributed by atoms with Crippen molar-refractivity contribution in [2.45, 2.75) is 59.2 Å². The van der Waals surface area contributed by atoms with Gasteiger partial charge in [-0.3, -0.25) is 4.68 Å². The minimum Gasteiger partial charge on any atom is -0.379 e. The van der Waals surface area contributed by atoms with Gasteiger partial charge in [-0.25, -0.2) is 0 Å². The Kier molecular flexibility index (Phi) is 5.83. The standard InChI is InChI=1S/C14H26ClN3O/c1-10(9-14(4,5)19-6)16-7-8-18-12(3)13(15)11(2)17-18/h10,16H,7-9H2,1-6H3/t10-/m0/s1. The monoisotopic (exact) mass is 287 g/mol. The predicted octanol–water partition coefficient (Wildman–Crippen LogP) is 2.95. The Hall–Kier alpha value is -0.580. The second-order valence-electron chi connectivity index (χ2n) is 5.73. The summed E-state index contributed by atoms with van der Waals surface area (Å²) < 4.78 is 7.39. The summed E-state index contributed by atoms with van der Waals surface area (Å²) in [5, 5.41) is 8.68. The van der Waals surface area contributed by atoms with Crippen molar-refractivity contribution in [1.29, 1.82) is 0 Å². The van der Waals surface area contributed by atoms with Crippen LogP contribution in [-0.2, 0) is 11.3 Å². The van der Waals surface area contributed by atoms with E-state index in [-0.39, 0.29) is 5.60 Å². The maximum absolute atomic E-state index is 6.13. The van der Waals surface area contributed by atoms with E-state index in [1.165, 1.54) is 0 Å². The van der Waals surface area contributed by atoms with Gasteiger partial charge in [0.15, 0.2) is 0 Å². The molecule has 0 aromatic carbocycles. The average molecular weight is 288 g/mol. The molecular formula is C14H26ClN3O. The van der Waals surface area contributed by atoms with Crippen LogP contribution in [0, 0.1) is 13.8 Å². The van der Waals surface area contributed by atoms with Crippen molar-refractivity contribution in [2.24, 2.45) is 0 Å². The van der Waals surface area contributed by atoms with Gasteiger partial charge in [0.25, 0.3) is 0 Å². The molecule has 0 aliphatic carbocycles. The molecule has 0 aliphatic rings. The molecule has 0 saturated carbocycles. The molecule has 0 spiro atoms. The van der Waals surface area contributed by atoms with Gasteiger partial charge in [-0.15, -0.1) is 0 Å². The quantitative estimate of drug-likeness (QED) is 0.838. The molecule has 5 heteroatoms. The zero-order chi connectivity index (χ0) is 14.6. The van der Waals surface area contributed by atoms with Crippen molar-refractivity contribution < 1.29 is 4.74 Å². The Bertz CT molecular complexity index is 415. The fraction of sp³-hybridized carbons (Fsp3) is 0.786. The van der Waals surface area contributed by atoms with Gasteiger partial charge in [0.1, 0.15) is 0 Å². The number of aryl methyl sites for hydroxylation is 1. The van der Waals surface area contributed by atoms with Crippen LogP contribution >= 0.6 is 11.6 Å². The molecule has 0 bridgehead atoms. The lowest BCUT2D eigenvalue weighted by molar-refractivity contribution is 0.00854. The van der Waals surface area contributed by atoms with Gasteiger partial charge in [0.2, 0.25) is 0 Å². The SMILES string of the molecule is COC(C)(C)C[C@H](C)NCCn1nc(C)c(Cl)c1C. The number of halogens is 1. The minimum atomic E-state index is -0.0894. The number of hydrogen-bond acceptors (Lipinski definition) is 3. The first-order chi connectivity index (χ1) is 8.76. The molecule has 0 fully saturated rings. The van der Waals surface area contributed by atoms with E-state index in [0.29, 0.717) is 6.04 Å². The second kappa shape index (κ2) is 6.73. The maximum Gasteiger partial charge on any atom is 0.0844 e. The fourth-order valence-electron chi connectivity index (χ4n) is 2.20. The van der Waals surface area contributed by atoms with Crippen LogP contribution in [0.3, 0.4) is 0 Å². The van der Waals surface area contributed by atoms with E-state index < -0.39 is 0 Å². The smallest absolute Gasteiger partial charge is 0.0844 e. The number of ether oxygens (including phenoxy) is 1. The molecule has 0 unspecified atom stereocenters. The summed E-state index contributed by atoms with van der Waals surface area (Å²) in [6, 6.07) is 0.405. The molecule has 1 atom stereocenters. The summed E-state index contributed by atoms with van der Waals surface area (Å²) in [5.74, 6) is 0. The lowest BCUT2D eigenvalue weighted by Gasteiger charge is -2.27. The Balaban J connectivity index is 2.40. The number of hydrogen-bond donors (Lipinski definition) is 1. The summed E-state index contributed by atoms with van der Waals surface area (Å²) in [4.78, 5) is 0. The molecule has 1 rings (SSSR count). The van der Waals surface area contributed by atoms with Crippen LogP contribution in [0.1, 0.15) is 38.6 Å². The van der Waals surface area contributed by atoms with E-state index in [2.05, 4.69) is 31.2 Å². The van der Waals surface area contributed by atoms with E-state index in [1.807, 2.05) is 18.5 Å². The molecule has 0 aliphatic heterocycles. The predicted molar refractivity (Wildman–Crippen MR) is 79.9 cm³/mol. The van der Waals surface area contributed by atoms with Gasteiger partial charge >= 0.3 is 0 Å². The van der Waals surface area contributed by atoms with E-state index in [1.54, 1.807) is 7.11 Å². The van der Waals surface area contributed by atoms with Crippen LogP contribution in [0.2, 0.25) is 5.02 Å². The maximum atomic E-state index is 6.13. The molecule has 110 valence electrons. The van der Waals surface area contributed by atoms with E-state index in [4.69, 9.17) is 16.3 Å².